The van der Waals surface area contributed by atoms with Crippen LogP contribution in [-0.2, 0) is 0 Å². The first-order valence-corrected chi connectivity index (χ1v) is 7.15. The molecule has 0 aromatic heterocycles. The van der Waals surface area contributed by atoms with E-state index in [9.17, 15) is 8.78 Å². The molecule has 0 heterocycles. The smallest absolute Gasteiger partial charge is 0.183 e. The van der Waals surface area contributed by atoms with Gasteiger partial charge in [-0.2, -0.15) is 0 Å². The van der Waals surface area contributed by atoms with E-state index >= 15 is 0 Å². The Morgan fingerprint density at radius 3 is 2.62 bits per heavy atom. The van der Waals surface area contributed by atoms with Crippen LogP contribution in [0.3, 0.4) is 0 Å². The van der Waals surface area contributed by atoms with Crippen LogP contribution in [-0.4, -0.2) is 6.61 Å². The number of ether oxygens (including phenoxy) is 1. The molecule has 0 unspecified atom stereocenters. The summed E-state index contributed by atoms with van der Waals surface area (Å²) in [5.41, 5.74) is 6.67. The summed E-state index contributed by atoms with van der Waals surface area (Å²) in [4.78, 5) is 0. The number of hydrogen-bond donors (Lipinski definition) is 2. The maximum Gasteiger partial charge on any atom is 0.183 e. The van der Waals surface area contributed by atoms with Gasteiger partial charge in [-0.05, 0) is 34.7 Å². The third-order valence-electron chi connectivity index (χ3n) is 2.70. The van der Waals surface area contributed by atoms with Crippen molar-refractivity contribution in [3.63, 3.8) is 0 Å². The van der Waals surface area contributed by atoms with E-state index in [0.717, 1.165) is 0 Å². The molecule has 0 radical (unpaired) electrons. The van der Waals surface area contributed by atoms with Crippen molar-refractivity contribution in [2.75, 3.05) is 17.7 Å². The Morgan fingerprint density at radius 1 is 1.24 bits per heavy atom. The molecule has 3 nitrogen and oxygen atoms in total. The second-order valence-corrected chi connectivity index (χ2v) is 5.25. The molecule has 0 saturated heterocycles. The quantitative estimate of drug-likeness (QED) is 0.336. The third kappa shape index (κ3) is 3.44. The van der Waals surface area contributed by atoms with Gasteiger partial charge >= 0.3 is 0 Å². The maximum atomic E-state index is 14.0. The number of nitrogens with two attached hydrogens (primary N) is 1. The second-order valence-electron chi connectivity index (χ2n) is 4.18. The first-order chi connectivity index (χ1) is 10.0. The van der Waals surface area contributed by atoms with Crippen LogP contribution in [0.25, 0.3) is 0 Å². The molecular weight excluding hydrogens is 389 g/mol. The molecule has 0 saturated carbocycles. The van der Waals surface area contributed by atoms with Crippen LogP contribution in [0.5, 0.6) is 5.75 Å². The van der Waals surface area contributed by atoms with E-state index in [-0.39, 0.29) is 21.6 Å². The number of anilines is 3. The fourth-order valence-corrected chi connectivity index (χ4v) is 2.23. The molecule has 0 spiro atoms. The van der Waals surface area contributed by atoms with E-state index in [0.29, 0.717) is 11.4 Å². The molecule has 0 amide bonds. The Balaban J connectivity index is 2.41. The highest BCUT2D eigenvalue weighted by Gasteiger charge is 2.18. The number of rotatable bonds is 5. The molecule has 6 heteroatoms. The number of halogens is 3. The molecule has 0 aliphatic carbocycles. The molecule has 0 bridgehead atoms. The van der Waals surface area contributed by atoms with Gasteiger partial charge in [0.25, 0.3) is 0 Å². The largest absolute Gasteiger partial charge is 0.488 e. The van der Waals surface area contributed by atoms with E-state index in [1.807, 2.05) is 0 Å². The van der Waals surface area contributed by atoms with Crippen molar-refractivity contribution < 1.29 is 13.5 Å². The van der Waals surface area contributed by atoms with Gasteiger partial charge in [-0.1, -0.05) is 24.8 Å². The highest BCUT2D eigenvalue weighted by atomic mass is 127. The zero-order valence-electron chi connectivity index (χ0n) is 11.0. The molecular formula is C15H13F2IN2O. The zero-order valence-corrected chi connectivity index (χ0v) is 13.2. The number of para-hydroxylation sites is 2. The molecule has 0 atom stereocenters. The number of nitrogens with one attached hydrogen (secondary N) is 1. The van der Waals surface area contributed by atoms with Crippen LogP contribution < -0.4 is 15.8 Å². The lowest BCUT2D eigenvalue weighted by Gasteiger charge is -2.14. The predicted octanol–water partition coefficient (Wildman–Crippen LogP) is 4.46. The van der Waals surface area contributed by atoms with E-state index in [2.05, 4.69) is 11.9 Å². The van der Waals surface area contributed by atoms with Gasteiger partial charge in [-0.3, -0.25) is 0 Å². The number of nitrogen functional groups attached to an aromatic ring is 1. The van der Waals surface area contributed by atoms with E-state index in [1.54, 1.807) is 46.9 Å². The van der Waals surface area contributed by atoms with Crippen LogP contribution in [0.15, 0.2) is 43.0 Å². The average Bonchev–Trinajstić information content (AvgIpc) is 2.48. The Kier molecular flexibility index (Phi) is 5.00. The van der Waals surface area contributed by atoms with Crippen molar-refractivity contribution in [2.45, 2.75) is 0 Å². The van der Waals surface area contributed by atoms with Crippen LogP contribution in [0, 0.1) is 15.2 Å². The summed E-state index contributed by atoms with van der Waals surface area (Å²) in [6.45, 7) is 3.72. The standard InChI is InChI=1S/C15H13F2IN2O/c1-2-7-21-12-8-11(13(16)14(17)15(12)18)20-10-6-4-3-5-9(10)19/h2-6,8,20H,1,7,19H2. The van der Waals surface area contributed by atoms with Crippen LogP contribution in [0.2, 0.25) is 0 Å². The van der Waals surface area contributed by atoms with Crippen molar-refractivity contribution in [2.24, 2.45) is 0 Å². The Morgan fingerprint density at radius 2 is 1.95 bits per heavy atom. The summed E-state index contributed by atoms with van der Waals surface area (Å²) < 4.78 is 33.4. The van der Waals surface area contributed by atoms with Gasteiger partial charge < -0.3 is 15.8 Å². The summed E-state index contributed by atoms with van der Waals surface area (Å²) in [6.07, 6.45) is 1.53. The SMILES string of the molecule is C=CCOc1cc(Nc2ccccc2N)c(F)c(F)c1I. The summed E-state index contributed by atoms with van der Waals surface area (Å²) in [7, 11) is 0. The molecule has 0 fully saturated rings. The molecule has 0 aliphatic rings. The van der Waals surface area contributed by atoms with Crippen molar-refractivity contribution in [1.82, 2.24) is 0 Å². The molecule has 21 heavy (non-hydrogen) atoms. The van der Waals surface area contributed by atoms with Gasteiger partial charge in [0, 0.05) is 6.07 Å². The van der Waals surface area contributed by atoms with Crippen LogP contribution in [0.4, 0.5) is 25.8 Å². The predicted molar refractivity (Wildman–Crippen MR) is 88.9 cm³/mol. The second kappa shape index (κ2) is 6.75. The minimum Gasteiger partial charge on any atom is -0.488 e. The minimum absolute atomic E-state index is 0.0371. The van der Waals surface area contributed by atoms with Gasteiger partial charge in [0.05, 0.1) is 20.6 Å². The lowest BCUT2D eigenvalue weighted by Crippen LogP contribution is -2.04. The Bertz CT molecular complexity index is 677. The monoisotopic (exact) mass is 402 g/mol. The van der Waals surface area contributed by atoms with E-state index in [4.69, 9.17) is 10.5 Å². The van der Waals surface area contributed by atoms with Gasteiger partial charge in [0.2, 0.25) is 0 Å². The van der Waals surface area contributed by atoms with E-state index in [1.165, 1.54) is 12.1 Å². The summed E-state index contributed by atoms with van der Waals surface area (Å²) in [6, 6.07) is 8.24. The van der Waals surface area contributed by atoms with Crippen molar-refractivity contribution in [1.29, 1.82) is 0 Å². The molecule has 3 N–H and O–H groups in total. The number of hydrogen-bond acceptors (Lipinski definition) is 3. The topological polar surface area (TPSA) is 47.3 Å². The highest BCUT2D eigenvalue weighted by Crippen LogP contribution is 2.33. The first-order valence-electron chi connectivity index (χ1n) is 6.07. The fourth-order valence-electron chi connectivity index (χ4n) is 1.68. The minimum atomic E-state index is -0.978. The van der Waals surface area contributed by atoms with Gasteiger partial charge in [0.15, 0.2) is 11.6 Å². The van der Waals surface area contributed by atoms with Crippen molar-refractivity contribution in [3.05, 3.63) is 58.2 Å². The molecule has 2 aromatic carbocycles. The Labute approximate surface area is 134 Å². The van der Waals surface area contributed by atoms with Crippen LogP contribution >= 0.6 is 22.6 Å². The molecule has 2 aromatic rings. The number of benzene rings is 2. The summed E-state index contributed by atoms with van der Waals surface area (Å²) in [5, 5.41) is 2.78. The van der Waals surface area contributed by atoms with Crippen LogP contribution in [0.1, 0.15) is 0 Å². The highest BCUT2D eigenvalue weighted by molar-refractivity contribution is 14.1. The van der Waals surface area contributed by atoms with Gasteiger partial charge in [-0.15, -0.1) is 0 Å². The fraction of sp³-hybridized carbons (Fsp3) is 0.0667. The van der Waals surface area contributed by atoms with Gasteiger partial charge in [-0.25, -0.2) is 8.78 Å². The molecule has 2 rings (SSSR count). The normalized spacial score (nSPS) is 10.2. The first kappa shape index (κ1) is 15.6. The third-order valence-corrected chi connectivity index (χ3v) is 3.71. The molecule has 110 valence electrons. The van der Waals surface area contributed by atoms with E-state index < -0.39 is 11.6 Å². The van der Waals surface area contributed by atoms with Gasteiger partial charge in [0.1, 0.15) is 12.4 Å². The summed E-state index contributed by atoms with van der Waals surface area (Å²) in [5.74, 6) is -1.70. The zero-order chi connectivity index (χ0) is 15.4. The summed E-state index contributed by atoms with van der Waals surface area (Å²) >= 11 is 1.70. The average molecular weight is 402 g/mol. The van der Waals surface area contributed by atoms with Crippen molar-refractivity contribution in [3.8, 4) is 5.75 Å². The van der Waals surface area contributed by atoms with Crippen molar-refractivity contribution >= 4 is 39.7 Å². The maximum absolute atomic E-state index is 14.0. The lowest BCUT2D eigenvalue weighted by molar-refractivity contribution is 0.355. The lowest BCUT2D eigenvalue weighted by atomic mass is 10.2. The molecule has 0 aliphatic heterocycles. The Hall–Kier alpha value is -1.83.